The normalized spacial score (nSPS) is 12.0. The lowest BCUT2D eigenvalue weighted by molar-refractivity contribution is -0.138. The standard InChI is InChI=1S/C6H8F3N3S/c1-10-3-2-4-11-12-5(13-4)6(7,8)9/h10H,2-3H2,1H3. The van der Waals surface area contributed by atoms with Crippen molar-refractivity contribution < 1.29 is 13.2 Å². The van der Waals surface area contributed by atoms with Crippen molar-refractivity contribution in [2.75, 3.05) is 13.6 Å². The lowest BCUT2D eigenvalue weighted by Gasteiger charge is -1.97. The monoisotopic (exact) mass is 211 g/mol. The first-order chi connectivity index (χ1) is 6.04. The molecule has 0 aliphatic rings. The van der Waals surface area contributed by atoms with Crippen LogP contribution >= 0.6 is 11.3 Å². The molecular formula is C6H8F3N3S. The van der Waals surface area contributed by atoms with Gasteiger partial charge in [-0.15, -0.1) is 10.2 Å². The third-order valence-corrected chi connectivity index (χ3v) is 2.33. The first-order valence-corrected chi connectivity index (χ1v) is 4.40. The van der Waals surface area contributed by atoms with Gasteiger partial charge in [0.25, 0.3) is 0 Å². The van der Waals surface area contributed by atoms with E-state index in [1.54, 1.807) is 7.05 Å². The van der Waals surface area contributed by atoms with Gasteiger partial charge in [-0.05, 0) is 7.05 Å². The number of rotatable bonds is 3. The molecule has 0 aliphatic heterocycles. The molecule has 7 heteroatoms. The fraction of sp³-hybridized carbons (Fsp3) is 0.667. The Morgan fingerprint density at radius 2 is 2.08 bits per heavy atom. The molecule has 74 valence electrons. The smallest absolute Gasteiger partial charge is 0.319 e. The highest BCUT2D eigenvalue weighted by Crippen LogP contribution is 2.31. The zero-order valence-electron chi connectivity index (χ0n) is 6.85. The van der Waals surface area contributed by atoms with Crippen LogP contribution in [0.3, 0.4) is 0 Å². The van der Waals surface area contributed by atoms with E-state index in [1.807, 2.05) is 0 Å². The zero-order chi connectivity index (χ0) is 9.90. The van der Waals surface area contributed by atoms with E-state index in [-0.39, 0.29) is 0 Å². The number of nitrogens with one attached hydrogen (secondary N) is 1. The number of nitrogens with zero attached hydrogens (tertiary/aromatic N) is 2. The van der Waals surface area contributed by atoms with Gasteiger partial charge in [0.15, 0.2) is 0 Å². The maximum absolute atomic E-state index is 12.0. The van der Waals surface area contributed by atoms with E-state index in [9.17, 15) is 13.2 Å². The molecule has 3 nitrogen and oxygen atoms in total. The minimum absolute atomic E-state index is 0.404. The molecule has 1 aromatic rings. The van der Waals surface area contributed by atoms with Crippen LogP contribution in [0, 0.1) is 0 Å². The number of alkyl halides is 3. The van der Waals surface area contributed by atoms with Crippen molar-refractivity contribution in [3.8, 4) is 0 Å². The van der Waals surface area contributed by atoms with Gasteiger partial charge in [-0.25, -0.2) is 0 Å². The fourth-order valence-corrected chi connectivity index (χ4v) is 1.41. The Labute approximate surface area is 77.0 Å². The summed E-state index contributed by atoms with van der Waals surface area (Å²) in [5.41, 5.74) is 0. The van der Waals surface area contributed by atoms with Gasteiger partial charge in [0.05, 0.1) is 0 Å². The Kier molecular flexibility index (Phi) is 3.21. The van der Waals surface area contributed by atoms with Crippen LogP contribution in [0.4, 0.5) is 13.2 Å². The molecule has 0 spiro atoms. The molecule has 0 radical (unpaired) electrons. The van der Waals surface area contributed by atoms with Crippen molar-refractivity contribution in [2.24, 2.45) is 0 Å². The second kappa shape index (κ2) is 4.01. The predicted octanol–water partition coefficient (Wildman–Crippen LogP) is 1.32. The van der Waals surface area contributed by atoms with E-state index in [2.05, 4.69) is 15.5 Å². The third-order valence-electron chi connectivity index (χ3n) is 1.30. The second-order valence-corrected chi connectivity index (χ2v) is 3.41. The van der Waals surface area contributed by atoms with Crippen molar-refractivity contribution in [3.05, 3.63) is 10.0 Å². The van der Waals surface area contributed by atoms with Crippen molar-refractivity contribution >= 4 is 11.3 Å². The largest absolute Gasteiger partial charge is 0.445 e. The maximum atomic E-state index is 12.0. The Bertz CT molecular complexity index is 270. The molecule has 1 aromatic heterocycles. The predicted molar refractivity (Wildman–Crippen MR) is 42.5 cm³/mol. The van der Waals surface area contributed by atoms with Crippen LogP contribution in [0.5, 0.6) is 0 Å². The highest BCUT2D eigenvalue weighted by Gasteiger charge is 2.35. The summed E-state index contributed by atoms with van der Waals surface area (Å²) in [6.07, 6.45) is -3.89. The first-order valence-electron chi connectivity index (χ1n) is 3.58. The Hall–Kier alpha value is -0.690. The Morgan fingerprint density at radius 3 is 2.54 bits per heavy atom. The molecule has 0 unspecified atom stereocenters. The van der Waals surface area contributed by atoms with Gasteiger partial charge in [-0.3, -0.25) is 0 Å². The zero-order valence-corrected chi connectivity index (χ0v) is 7.67. The number of likely N-dealkylation sites (N-methyl/N-ethyl adjacent to an activating group) is 1. The minimum atomic E-state index is -4.37. The summed E-state index contributed by atoms with van der Waals surface area (Å²) in [6.45, 7) is 0.604. The minimum Gasteiger partial charge on any atom is -0.319 e. The highest BCUT2D eigenvalue weighted by molar-refractivity contribution is 7.11. The van der Waals surface area contributed by atoms with Crippen LogP contribution in [0.15, 0.2) is 0 Å². The topological polar surface area (TPSA) is 37.8 Å². The lowest BCUT2D eigenvalue weighted by atomic mass is 10.4. The van der Waals surface area contributed by atoms with Crippen LogP contribution in [-0.4, -0.2) is 23.8 Å². The molecule has 0 aromatic carbocycles. The van der Waals surface area contributed by atoms with Crippen LogP contribution in [0.25, 0.3) is 0 Å². The molecule has 0 fully saturated rings. The summed E-state index contributed by atoms with van der Waals surface area (Å²) in [4.78, 5) is 0. The van der Waals surface area contributed by atoms with Gasteiger partial charge in [-0.1, -0.05) is 11.3 Å². The van der Waals surface area contributed by atoms with Crippen molar-refractivity contribution in [1.82, 2.24) is 15.5 Å². The number of halogens is 3. The van der Waals surface area contributed by atoms with Gasteiger partial charge in [0.2, 0.25) is 5.01 Å². The van der Waals surface area contributed by atoms with Crippen LogP contribution in [-0.2, 0) is 12.6 Å². The summed E-state index contributed by atoms with van der Waals surface area (Å²) in [5.74, 6) is 0. The Morgan fingerprint density at radius 1 is 1.38 bits per heavy atom. The molecule has 0 saturated carbocycles. The maximum Gasteiger partial charge on any atom is 0.445 e. The van der Waals surface area contributed by atoms with Crippen molar-refractivity contribution in [1.29, 1.82) is 0 Å². The summed E-state index contributed by atoms with van der Waals surface area (Å²) >= 11 is 0.593. The number of aromatic nitrogens is 2. The average molecular weight is 211 g/mol. The quantitative estimate of drug-likeness (QED) is 0.819. The van der Waals surface area contributed by atoms with E-state index in [4.69, 9.17) is 0 Å². The highest BCUT2D eigenvalue weighted by atomic mass is 32.1. The first kappa shape index (κ1) is 10.4. The summed E-state index contributed by atoms with van der Waals surface area (Å²) in [7, 11) is 1.73. The van der Waals surface area contributed by atoms with Crippen molar-refractivity contribution in [2.45, 2.75) is 12.6 Å². The van der Waals surface area contributed by atoms with Crippen LogP contribution in [0.1, 0.15) is 10.0 Å². The van der Waals surface area contributed by atoms with Gasteiger partial charge in [0.1, 0.15) is 5.01 Å². The second-order valence-electron chi connectivity index (χ2n) is 2.35. The molecule has 0 saturated heterocycles. The van der Waals surface area contributed by atoms with Gasteiger partial charge < -0.3 is 5.32 Å². The molecule has 0 aliphatic carbocycles. The number of hydrogen-bond acceptors (Lipinski definition) is 4. The molecular weight excluding hydrogens is 203 g/mol. The van der Waals surface area contributed by atoms with E-state index in [0.29, 0.717) is 29.3 Å². The van der Waals surface area contributed by atoms with Crippen LogP contribution in [0.2, 0.25) is 0 Å². The molecule has 0 bridgehead atoms. The van der Waals surface area contributed by atoms with E-state index in [0.717, 1.165) is 0 Å². The van der Waals surface area contributed by atoms with E-state index < -0.39 is 11.2 Å². The Balaban J connectivity index is 2.64. The lowest BCUT2D eigenvalue weighted by Crippen LogP contribution is -2.09. The summed E-state index contributed by atoms with van der Waals surface area (Å²) in [5, 5.41) is 8.83. The van der Waals surface area contributed by atoms with Crippen LogP contribution < -0.4 is 5.32 Å². The summed E-state index contributed by atoms with van der Waals surface area (Å²) in [6, 6.07) is 0. The number of hydrogen-bond donors (Lipinski definition) is 1. The molecule has 0 amide bonds. The SMILES string of the molecule is CNCCc1nnc(C(F)(F)F)s1. The molecule has 1 rings (SSSR count). The van der Waals surface area contributed by atoms with E-state index >= 15 is 0 Å². The fourth-order valence-electron chi connectivity index (χ4n) is 0.701. The molecule has 1 heterocycles. The van der Waals surface area contributed by atoms with Gasteiger partial charge in [-0.2, -0.15) is 13.2 Å². The molecule has 13 heavy (non-hydrogen) atoms. The third kappa shape index (κ3) is 2.92. The molecule has 1 N–H and O–H groups in total. The average Bonchev–Trinajstić information content (AvgIpc) is 2.47. The van der Waals surface area contributed by atoms with Gasteiger partial charge in [0, 0.05) is 13.0 Å². The summed E-state index contributed by atoms with van der Waals surface area (Å²) < 4.78 is 36.0. The molecule has 0 atom stereocenters. The van der Waals surface area contributed by atoms with Gasteiger partial charge >= 0.3 is 6.18 Å². The van der Waals surface area contributed by atoms with E-state index in [1.165, 1.54) is 0 Å². The van der Waals surface area contributed by atoms with Crippen molar-refractivity contribution in [3.63, 3.8) is 0 Å².